The van der Waals surface area contributed by atoms with Gasteiger partial charge in [0.1, 0.15) is 54.9 Å². The molecule has 10 rings (SSSR count). The van der Waals surface area contributed by atoms with E-state index in [9.17, 15) is 29.1 Å². The Hall–Kier alpha value is -5.97. The molecule has 0 aromatic carbocycles. The quantitative estimate of drug-likeness (QED) is 0.0681. The van der Waals surface area contributed by atoms with E-state index in [2.05, 4.69) is 85.8 Å². The van der Waals surface area contributed by atoms with Crippen molar-refractivity contribution in [2.24, 2.45) is 0 Å². The molecule has 0 atom stereocenters. The molecule has 85 heavy (non-hydrogen) atoms. The summed E-state index contributed by atoms with van der Waals surface area (Å²) in [6.45, 7) is 11.2. The topological polar surface area (TPSA) is 264 Å². The van der Waals surface area contributed by atoms with Gasteiger partial charge in [0.15, 0.2) is 0 Å². The Kier molecular flexibility index (Phi) is 28.2. The number of carbonyl (C=O) groups is 5. The van der Waals surface area contributed by atoms with Gasteiger partial charge in [-0.1, -0.05) is 58.0 Å². The van der Waals surface area contributed by atoms with Gasteiger partial charge in [-0.25, -0.2) is 44.1 Å². The third-order valence-electron chi connectivity index (χ3n) is 14.1. The summed E-state index contributed by atoms with van der Waals surface area (Å²) in [6, 6.07) is 16.2. The largest absolute Gasteiger partial charge is 1.00 e. The van der Waals surface area contributed by atoms with Gasteiger partial charge < -0.3 is 69.3 Å². The van der Waals surface area contributed by atoms with Crippen LogP contribution in [0.15, 0.2) is 60.7 Å². The van der Waals surface area contributed by atoms with Crippen LogP contribution in [0.4, 0.5) is 29.1 Å². The zero-order valence-corrected chi connectivity index (χ0v) is 52.4. The van der Waals surface area contributed by atoms with Crippen LogP contribution in [0.2, 0.25) is 25.8 Å². The minimum atomic E-state index is -1.15. The second-order valence-corrected chi connectivity index (χ2v) is 22.2. The number of rotatable bonds is 12. The number of halogens is 5. The van der Waals surface area contributed by atoms with Crippen molar-refractivity contribution in [3.63, 3.8) is 0 Å². The van der Waals surface area contributed by atoms with Crippen LogP contribution in [0, 0.1) is 0 Å². The first-order valence-corrected chi connectivity index (χ1v) is 28.9. The molecule has 3 saturated heterocycles. The third kappa shape index (κ3) is 22.4. The molecule has 5 aromatic rings. The first kappa shape index (κ1) is 69.8. The fourth-order valence-corrected chi connectivity index (χ4v) is 9.78. The van der Waals surface area contributed by atoms with E-state index in [0.717, 1.165) is 115 Å². The second kappa shape index (κ2) is 34.4. The standard InChI is InChI=1S/C16H24N4O2.C15H22N4O2.C12H16ClN3O2.C7H5Cl2NO2.C6H3Cl2NO2.Li/c1-19-6-8-20(9-7-19)15-11-12(16(21)22-2)10-14(18-15)17-13-4-3-5-13;1-18-5-7-19(8-6-18)14-10-11(15(20)21)9-13(17-14)16-12-3-2-4-12;1-15-3-5-16(6-4-15)11-8-9(12(17)18-2)7-10(13)14-11;1-12-7(11)4-2-5(8)10-6(9)3-4;7-4-1-3(6(10)11)2-5(8)9-4;/h10-11,13H,3-9H2,1-2H3,(H,17,18);9-10,12H,2-8H2,1H3,(H,16,17)(H,20,21);7-8H,3-6H2,1-2H3;2-3H,1H3;1-2H,(H,10,11);/q;;;;;+1/p-1. The van der Waals surface area contributed by atoms with Gasteiger partial charge in [-0.2, -0.15) is 0 Å². The summed E-state index contributed by atoms with van der Waals surface area (Å²) < 4.78 is 14.0. The first-order chi connectivity index (χ1) is 40.1. The minimum Gasteiger partial charge on any atom is -0.545 e. The molecule has 0 radical (unpaired) electrons. The maximum Gasteiger partial charge on any atom is 1.00 e. The summed E-state index contributed by atoms with van der Waals surface area (Å²) in [5.41, 5.74) is 1.53. The monoisotopic (exact) mass is 1270 g/mol. The summed E-state index contributed by atoms with van der Waals surface area (Å²) in [4.78, 5) is 90.1. The Balaban J connectivity index is 0.000000198. The Bertz CT molecular complexity index is 3020. The van der Waals surface area contributed by atoms with Gasteiger partial charge in [0.25, 0.3) is 0 Å². The van der Waals surface area contributed by atoms with Crippen molar-refractivity contribution >= 4 is 117 Å². The van der Waals surface area contributed by atoms with E-state index in [-0.39, 0.29) is 56.6 Å². The van der Waals surface area contributed by atoms with Crippen molar-refractivity contribution in [3.05, 3.63) is 114 Å². The molecule has 2 aliphatic carbocycles. The molecule has 5 aliphatic rings. The maximum absolute atomic E-state index is 11.9. The molecule has 0 bridgehead atoms. The number of carboxylic acid groups (broad SMARTS) is 2. The van der Waals surface area contributed by atoms with E-state index >= 15 is 0 Å². The number of ether oxygens (including phenoxy) is 3. The van der Waals surface area contributed by atoms with E-state index in [4.69, 9.17) is 77.6 Å². The number of esters is 3. The van der Waals surface area contributed by atoms with Crippen molar-refractivity contribution < 1.29 is 67.3 Å². The number of anilines is 5. The molecular formula is C56H69Cl5LiN13O10. The third-order valence-corrected chi connectivity index (χ3v) is 15.0. The van der Waals surface area contributed by atoms with Gasteiger partial charge in [0.2, 0.25) is 0 Å². The van der Waals surface area contributed by atoms with Crippen molar-refractivity contribution in [3.8, 4) is 0 Å². The average molecular weight is 1270 g/mol. The summed E-state index contributed by atoms with van der Waals surface area (Å²) in [5, 5.41) is 27.3. The number of carboxylic acids is 2. The molecule has 2 saturated carbocycles. The van der Waals surface area contributed by atoms with Crippen LogP contribution < -0.4 is 49.3 Å². The molecule has 5 fully saturated rings. The van der Waals surface area contributed by atoms with E-state index in [1.54, 1.807) is 24.3 Å². The normalized spacial score (nSPS) is 16.2. The zero-order valence-electron chi connectivity index (χ0n) is 48.6. The van der Waals surface area contributed by atoms with Crippen LogP contribution in [-0.2, 0) is 14.2 Å². The second-order valence-electron chi connectivity index (χ2n) is 20.2. The fourth-order valence-electron chi connectivity index (χ4n) is 8.66. The number of pyridine rings is 5. The van der Waals surface area contributed by atoms with Gasteiger partial charge >= 0.3 is 42.7 Å². The molecule has 3 N–H and O–H groups in total. The van der Waals surface area contributed by atoms with E-state index in [1.807, 2.05) is 6.07 Å². The van der Waals surface area contributed by atoms with Crippen LogP contribution in [0.5, 0.6) is 0 Å². The molecule has 29 heteroatoms. The zero-order chi connectivity index (χ0) is 61.0. The van der Waals surface area contributed by atoms with Crippen LogP contribution in [-0.4, -0.2) is 208 Å². The van der Waals surface area contributed by atoms with Crippen molar-refractivity contribution in [1.82, 2.24) is 39.6 Å². The maximum atomic E-state index is 11.9. The predicted molar refractivity (Wildman–Crippen MR) is 323 cm³/mol. The van der Waals surface area contributed by atoms with Crippen molar-refractivity contribution in [2.75, 3.05) is 146 Å². The summed E-state index contributed by atoms with van der Waals surface area (Å²) in [7, 11) is 10.3. The summed E-state index contributed by atoms with van der Waals surface area (Å²) in [6.07, 6.45) is 7.09. The average Bonchev–Trinajstić information content (AvgIpc) is 3.36. The number of piperazine rings is 3. The molecule has 3 aliphatic heterocycles. The molecule has 8 heterocycles. The summed E-state index contributed by atoms with van der Waals surface area (Å²) >= 11 is 27.9. The predicted octanol–water partition coefficient (Wildman–Crippen LogP) is 4.28. The van der Waals surface area contributed by atoms with Crippen LogP contribution in [0.3, 0.4) is 0 Å². The van der Waals surface area contributed by atoms with E-state index in [0.29, 0.717) is 39.7 Å². The van der Waals surface area contributed by atoms with Crippen molar-refractivity contribution in [1.29, 1.82) is 0 Å². The number of methoxy groups -OCH3 is 3. The van der Waals surface area contributed by atoms with Crippen LogP contribution in [0.25, 0.3) is 0 Å². The number of aromatic carboxylic acids is 2. The Morgan fingerprint density at radius 2 is 0.729 bits per heavy atom. The van der Waals surface area contributed by atoms with Crippen LogP contribution in [0.1, 0.15) is 90.3 Å². The number of hydrogen-bond donors (Lipinski definition) is 3. The van der Waals surface area contributed by atoms with Gasteiger partial charge in [-0.3, -0.25) is 0 Å². The molecule has 0 unspecified atom stereocenters. The number of hydrogen-bond acceptors (Lipinski definition) is 22. The Morgan fingerprint density at radius 1 is 0.447 bits per heavy atom. The SMILES string of the molecule is CN1CCN(c2cc(C(=O)[O-])cc(NC3CCC3)n2)CC1.COC(=O)c1cc(Cl)nc(Cl)c1.COC(=O)c1cc(Cl)nc(N2CCN(C)CC2)c1.COC(=O)c1cc(NC2CCC2)nc(N2CCN(C)CC2)c1.O=C(O)c1cc(Cl)nc(Cl)c1.[Li+]. The van der Waals surface area contributed by atoms with Gasteiger partial charge in [-0.15, -0.1) is 0 Å². The Morgan fingerprint density at radius 3 is 1.04 bits per heavy atom. The number of aromatic nitrogens is 5. The molecule has 0 spiro atoms. The van der Waals surface area contributed by atoms with Crippen LogP contribution >= 0.6 is 58.0 Å². The van der Waals surface area contributed by atoms with Gasteiger partial charge in [0, 0.05) is 96.2 Å². The van der Waals surface area contributed by atoms with Gasteiger partial charge in [0.05, 0.1) is 49.6 Å². The molecular weight excluding hydrogens is 1200 g/mol. The number of carbonyl (C=O) groups excluding carboxylic acids is 4. The van der Waals surface area contributed by atoms with E-state index in [1.165, 1.54) is 77.3 Å². The smallest absolute Gasteiger partial charge is 0.545 e. The van der Waals surface area contributed by atoms with E-state index < -0.39 is 23.9 Å². The first-order valence-electron chi connectivity index (χ1n) is 27.0. The number of nitrogens with one attached hydrogen (secondary N) is 2. The fraction of sp³-hybridized carbons (Fsp3) is 0.464. The molecule has 0 amide bonds. The molecule has 23 nitrogen and oxygen atoms in total. The number of nitrogens with zero attached hydrogens (tertiary/aromatic N) is 11. The van der Waals surface area contributed by atoms with Gasteiger partial charge in [-0.05, 0) is 120 Å². The Labute approximate surface area is 531 Å². The molecule has 454 valence electrons. The summed E-state index contributed by atoms with van der Waals surface area (Å²) in [5.74, 6) is 0.336. The van der Waals surface area contributed by atoms with Crippen molar-refractivity contribution in [2.45, 2.75) is 50.6 Å². The minimum absolute atomic E-state index is 0. The molecule has 5 aromatic heterocycles. The number of likely N-dealkylation sites (N-methyl/N-ethyl adjacent to an activating group) is 3.